The van der Waals surface area contributed by atoms with Crippen LogP contribution in [0.5, 0.6) is 0 Å². The van der Waals surface area contributed by atoms with Crippen LogP contribution in [0.1, 0.15) is 63.9 Å². The van der Waals surface area contributed by atoms with Crippen LogP contribution < -0.4 is 16.4 Å². The summed E-state index contributed by atoms with van der Waals surface area (Å²) in [5.74, 6) is 1.73. The number of aliphatic imine (C=N–C) groups is 1. The second-order valence-electron chi connectivity index (χ2n) is 7.60. The Kier molecular flexibility index (Phi) is 5.81. The zero-order chi connectivity index (χ0) is 18.6. The molecule has 1 saturated carbocycles. The summed E-state index contributed by atoms with van der Waals surface area (Å²) >= 11 is 0. The van der Waals surface area contributed by atoms with Gasteiger partial charge in [-0.25, -0.2) is 9.98 Å². The number of aliphatic hydroxyl groups is 1. The normalized spacial score (nSPS) is 24.2. The van der Waals surface area contributed by atoms with E-state index in [1.807, 2.05) is 6.07 Å². The third-order valence-corrected chi connectivity index (χ3v) is 5.62. The number of pyridine rings is 1. The fourth-order valence-corrected chi connectivity index (χ4v) is 4.11. The summed E-state index contributed by atoms with van der Waals surface area (Å²) in [6.45, 7) is 3.22. The van der Waals surface area contributed by atoms with Gasteiger partial charge in [0.05, 0.1) is 5.60 Å². The summed E-state index contributed by atoms with van der Waals surface area (Å²) in [6.07, 6.45) is 11.3. The van der Waals surface area contributed by atoms with Crippen molar-refractivity contribution >= 4 is 17.5 Å². The lowest BCUT2D eigenvalue weighted by atomic mass is 9.80. The van der Waals surface area contributed by atoms with Crippen LogP contribution in [0.4, 0.5) is 11.6 Å². The van der Waals surface area contributed by atoms with Crippen molar-refractivity contribution in [3.05, 3.63) is 30.0 Å². The molecule has 0 amide bonds. The molecule has 3 rings (SSSR count). The van der Waals surface area contributed by atoms with Crippen molar-refractivity contribution in [2.75, 3.05) is 11.4 Å². The van der Waals surface area contributed by atoms with Gasteiger partial charge >= 0.3 is 0 Å². The minimum atomic E-state index is -0.794. The Labute approximate surface area is 156 Å². The lowest BCUT2D eigenvalue weighted by molar-refractivity contribution is -0.000633. The maximum Gasteiger partial charge on any atom is 0.157 e. The average molecular weight is 358 g/mol. The molecule has 0 spiro atoms. The summed E-state index contributed by atoms with van der Waals surface area (Å²) in [5.41, 5.74) is 11.4. The Balaban J connectivity index is 2.02. The van der Waals surface area contributed by atoms with Crippen molar-refractivity contribution in [1.29, 1.82) is 0 Å². The fourth-order valence-electron chi connectivity index (χ4n) is 4.11. The molecule has 1 atom stereocenters. The number of anilines is 1. The fraction of sp³-hybridized carbons (Fsp3) is 0.600. The van der Waals surface area contributed by atoms with Gasteiger partial charge in [0.25, 0.3) is 0 Å². The highest BCUT2D eigenvalue weighted by Crippen LogP contribution is 2.39. The molecule has 6 nitrogen and oxygen atoms in total. The van der Waals surface area contributed by atoms with Crippen molar-refractivity contribution in [3.8, 4) is 0 Å². The Hall–Kier alpha value is -2.08. The molecule has 1 aromatic heterocycles. The van der Waals surface area contributed by atoms with E-state index >= 15 is 0 Å². The van der Waals surface area contributed by atoms with E-state index in [0.29, 0.717) is 17.7 Å². The molecule has 5 N–H and O–H groups in total. The van der Waals surface area contributed by atoms with Gasteiger partial charge in [0.1, 0.15) is 11.7 Å². The third kappa shape index (κ3) is 4.18. The number of aromatic nitrogens is 1. The van der Waals surface area contributed by atoms with Crippen LogP contribution in [0.2, 0.25) is 0 Å². The topological polar surface area (TPSA) is 101 Å². The molecule has 2 heterocycles. The molecule has 1 aliphatic carbocycles. The quantitative estimate of drug-likeness (QED) is 0.568. The number of nitrogens with zero attached hydrogens (tertiary/aromatic N) is 3. The van der Waals surface area contributed by atoms with E-state index in [2.05, 4.69) is 22.9 Å². The Morgan fingerprint density at radius 1 is 1.27 bits per heavy atom. The first-order chi connectivity index (χ1) is 12.5. The van der Waals surface area contributed by atoms with Gasteiger partial charge < -0.3 is 21.5 Å². The molecule has 0 aromatic carbocycles. The number of piperidine rings is 1. The second-order valence-corrected chi connectivity index (χ2v) is 7.60. The molecule has 2 aliphatic rings. The van der Waals surface area contributed by atoms with Crippen LogP contribution >= 0.6 is 0 Å². The van der Waals surface area contributed by atoms with Crippen LogP contribution in [0.3, 0.4) is 0 Å². The predicted molar refractivity (Wildman–Crippen MR) is 106 cm³/mol. The SMILES string of the molecule is CC1CCCCN1c1cc(C2(O)CCCCC2)cc(N=C(N)C=CN)n1. The Morgan fingerprint density at radius 3 is 2.73 bits per heavy atom. The third-order valence-electron chi connectivity index (χ3n) is 5.62. The summed E-state index contributed by atoms with van der Waals surface area (Å²) in [5, 5.41) is 11.2. The van der Waals surface area contributed by atoms with E-state index in [0.717, 1.165) is 56.5 Å². The highest BCUT2D eigenvalue weighted by atomic mass is 16.3. The van der Waals surface area contributed by atoms with E-state index in [1.54, 1.807) is 6.08 Å². The monoisotopic (exact) mass is 357 g/mol. The number of amidine groups is 1. The number of nitrogens with two attached hydrogens (primary N) is 2. The first kappa shape index (κ1) is 18.7. The van der Waals surface area contributed by atoms with Crippen molar-refractivity contribution in [3.63, 3.8) is 0 Å². The molecule has 2 fully saturated rings. The molecular weight excluding hydrogens is 326 g/mol. The minimum absolute atomic E-state index is 0.311. The maximum atomic E-state index is 11.2. The van der Waals surface area contributed by atoms with Crippen LogP contribution in [0, 0.1) is 0 Å². The largest absolute Gasteiger partial charge is 0.404 e. The Bertz CT molecular complexity index is 679. The summed E-state index contributed by atoms with van der Waals surface area (Å²) in [7, 11) is 0. The van der Waals surface area contributed by atoms with Crippen molar-refractivity contribution in [1.82, 2.24) is 4.98 Å². The van der Waals surface area contributed by atoms with Crippen molar-refractivity contribution in [2.45, 2.75) is 69.9 Å². The second kappa shape index (κ2) is 8.08. The molecule has 0 radical (unpaired) electrons. The van der Waals surface area contributed by atoms with Gasteiger partial charge in [-0.05, 0) is 69.0 Å². The predicted octanol–water partition coefficient (Wildman–Crippen LogP) is 3.07. The lowest BCUT2D eigenvalue weighted by Gasteiger charge is -2.37. The summed E-state index contributed by atoms with van der Waals surface area (Å²) in [6, 6.07) is 4.37. The highest BCUT2D eigenvalue weighted by molar-refractivity contribution is 5.93. The van der Waals surface area contributed by atoms with Crippen LogP contribution in [0.25, 0.3) is 0 Å². The number of hydrogen-bond acceptors (Lipinski definition) is 5. The van der Waals surface area contributed by atoms with Gasteiger partial charge in [-0.1, -0.05) is 19.3 Å². The van der Waals surface area contributed by atoms with Gasteiger partial charge in [-0.3, -0.25) is 0 Å². The molecule has 1 aliphatic heterocycles. The highest BCUT2D eigenvalue weighted by Gasteiger charge is 2.33. The molecule has 1 unspecified atom stereocenters. The zero-order valence-electron chi connectivity index (χ0n) is 15.7. The smallest absolute Gasteiger partial charge is 0.157 e. The first-order valence-electron chi connectivity index (χ1n) is 9.76. The number of hydrogen-bond donors (Lipinski definition) is 3. The van der Waals surface area contributed by atoms with E-state index in [4.69, 9.17) is 16.5 Å². The molecule has 142 valence electrons. The van der Waals surface area contributed by atoms with E-state index in [-0.39, 0.29) is 0 Å². The molecule has 0 bridgehead atoms. The van der Waals surface area contributed by atoms with Crippen LogP contribution in [-0.4, -0.2) is 28.5 Å². The zero-order valence-corrected chi connectivity index (χ0v) is 15.7. The van der Waals surface area contributed by atoms with E-state index < -0.39 is 5.60 Å². The van der Waals surface area contributed by atoms with Crippen molar-refractivity contribution in [2.24, 2.45) is 16.5 Å². The first-order valence-corrected chi connectivity index (χ1v) is 9.76. The summed E-state index contributed by atoms with van der Waals surface area (Å²) in [4.78, 5) is 11.4. The van der Waals surface area contributed by atoms with Crippen LogP contribution in [0.15, 0.2) is 29.4 Å². The maximum absolute atomic E-state index is 11.2. The molecular formula is C20H31N5O. The average Bonchev–Trinajstić information content (AvgIpc) is 2.62. The molecule has 26 heavy (non-hydrogen) atoms. The van der Waals surface area contributed by atoms with Gasteiger partial charge in [0.15, 0.2) is 5.82 Å². The van der Waals surface area contributed by atoms with E-state index in [1.165, 1.54) is 19.0 Å². The molecule has 1 aromatic rings. The van der Waals surface area contributed by atoms with Gasteiger partial charge in [-0.15, -0.1) is 0 Å². The van der Waals surface area contributed by atoms with E-state index in [9.17, 15) is 5.11 Å². The van der Waals surface area contributed by atoms with Crippen LogP contribution in [-0.2, 0) is 5.60 Å². The summed E-state index contributed by atoms with van der Waals surface area (Å²) < 4.78 is 0. The molecule has 6 heteroatoms. The Morgan fingerprint density at radius 2 is 2.04 bits per heavy atom. The lowest BCUT2D eigenvalue weighted by Crippen LogP contribution is -2.38. The van der Waals surface area contributed by atoms with Crippen molar-refractivity contribution < 1.29 is 5.11 Å². The molecule has 1 saturated heterocycles. The number of rotatable bonds is 4. The van der Waals surface area contributed by atoms with Gasteiger partial charge in [0, 0.05) is 12.6 Å². The minimum Gasteiger partial charge on any atom is -0.404 e. The van der Waals surface area contributed by atoms with Gasteiger partial charge in [0.2, 0.25) is 0 Å². The van der Waals surface area contributed by atoms with Gasteiger partial charge in [-0.2, -0.15) is 0 Å². The standard InChI is InChI=1S/C20H31N5O/c1-15-7-3-6-12-25(15)19-14-16(20(26)9-4-2-5-10-20)13-18(24-19)23-17(22)8-11-21/h8,11,13-15,26H,2-7,9-10,12,21H2,1H3,(H2,22,23,24).